The molecule has 10 heteroatoms. The smallest absolute Gasteiger partial charge is 0.321 e. The average Bonchev–Trinajstić information content (AvgIpc) is 3.35. The lowest BCUT2D eigenvalue weighted by molar-refractivity contribution is -0.143. The van der Waals surface area contributed by atoms with Crippen molar-refractivity contribution in [3.8, 4) is 0 Å². The largest absolute Gasteiger partial charge is 0.480 e. The van der Waals surface area contributed by atoms with Crippen LogP contribution in [0, 0.1) is 17.8 Å². The van der Waals surface area contributed by atoms with Crippen molar-refractivity contribution >= 4 is 11.9 Å². The maximum absolute atomic E-state index is 11.9. The van der Waals surface area contributed by atoms with Crippen molar-refractivity contribution in [1.29, 1.82) is 0 Å². The maximum Gasteiger partial charge on any atom is 0.321 e. The van der Waals surface area contributed by atoms with E-state index in [2.05, 4.69) is 32.6 Å². The van der Waals surface area contributed by atoms with Gasteiger partial charge in [0.2, 0.25) is 0 Å². The molecule has 3 fully saturated rings. The summed E-state index contributed by atoms with van der Waals surface area (Å²) in [6, 6.07) is -1.06. The molecule has 0 bridgehead atoms. The molecule has 166 valence electrons. The number of likely N-dealkylation sites (tertiary alicyclic amines) is 1. The van der Waals surface area contributed by atoms with E-state index in [1.165, 1.54) is 0 Å². The summed E-state index contributed by atoms with van der Waals surface area (Å²) >= 11 is 0. The molecule has 1 saturated carbocycles. The summed E-state index contributed by atoms with van der Waals surface area (Å²) in [5, 5.41) is 35.0. The summed E-state index contributed by atoms with van der Waals surface area (Å²) in [7, 11) is 0. The second-order valence-corrected chi connectivity index (χ2v) is 9.21. The number of carboxylic acid groups (broad SMARTS) is 2. The lowest BCUT2D eigenvalue weighted by Crippen LogP contribution is -2.50. The fourth-order valence-corrected chi connectivity index (χ4v) is 5.59. The molecular formula is C20H32N6O4. The molecule has 1 aliphatic carbocycles. The minimum Gasteiger partial charge on any atom is -0.480 e. The van der Waals surface area contributed by atoms with E-state index in [9.17, 15) is 19.8 Å². The van der Waals surface area contributed by atoms with E-state index < -0.39 is 24.0 Å². The zero-order chi connectivity index (χ0) is 21.3. The minimum atomic E-state index is -0.798. The number of carboxylic acids is 2. The van der Waals surface area contributed by atoms with Gasteiger partial charge in [0.25, 0.3) is 0 Å². The molecule has 3 unspecified atom stereocenters. The Kier molecular flexibility index (Phi) is 6.33. The molecule has 0 amide bonds. The van der Waals surface area contributed by atoms with E-state index >= 15 is 0 Å². The number of nitrogens with one attached hydrogen (secondary N) is 1. The number of rotatable bonds is 7. The molecule has 2 aliphatic heterocycles. The molecule has 2 saturated heterocycles. The Bertz CT molecular complexity index is 770. The fourth-order valence-electron chi connectivity index (χ4n) is 5.59. The van der Waals surface area contributed by atoms with Crippen LogP contribution in [0.25, 0.3) is 0 Å². The third-order valence-corrected chi connectivity index (χ3v) is 7.14. The van der Waals surface area contributed by atoms with Gasteiger partial charge in [-0.3, -0.25) is 14.5 Å². The quantitative estimate of drug-likeness (QED) is 0.586. The molecule has 3 N–H and O–H groups in total. The molecule has 30 heavy (non-hydrogen) atoms. The number of hydrogen-bond donors (Lipinski definition) is 3. The van der Waals surface area contributed by atoms with Crippen molar-refractivity contribution in [2.24, 2.45) is 17.8 Å². The zero-order valence-corrected chi connectivity index (χ0v) is 17.5. The Morgan fingerprint density at radius 1 is 1.13 bits per heavy atom. The number of aliphatic carboxylic acids is 2. The lowest BCUT2D eigenvalue weighted by Gasteiger charge is -2.42. The summed E-state index contributed by atoms with van der Waals surface area (Å²) in [5.74, 6) is 0.481. The zero-order valence-electron chi connectivity index (χ0n) is 17.5. The highest BCUT2D eigenvalue weighted by Crippen LogP contribution is 2.40. The van der Waals surface area contributed by atoms with Gasteiger partial charge in [-0.25, -0.2) is 0 Å². The normalized spacial score (nSPS) is 34.6. The van der Waals surface area contributed by atoms with Crippen molar-refractivity contribution in [3.05, 3.63) is 5.82 Å². The predicted octanol–water partition coefficient (Wildman–Crippen LogP) is 0.805. The van der Waals surface area contributed by atoms with Crippen LogP contribution >= 0.6 is 0 Å². The molecule has 10 nitrogen and oxygen atoms in total. The van der Waals surface area contributed by atoms with Crippen molar-refractivity contribution < 1.29 is 19.8 Å². The summed E-state index contributed by atoms with van der Waals surface area (Å²) < 4.78 is 0. The van der Waals surface area contributed by atoms with E-state index in [0.717, 1.165) is 45.2 Å². The van der Waals surface area contributed by atoms with Gasteiger partial charge in [-0.2, -0.15) is 4.80 Å². The first kappa shape index (κ1) is 21.2. The predicted molar refractivity (Wildman–Crippen MR) is 107 cm³/mol. The van der Waals surface area contributed by atoms with Gasteiger partial charge < -0.3 is 15.5 Å². The number of piperidine rings is 1. The molecule has 1 aromatic rings. The van der Waals surface area contributed by atoms with Crippen LogP contribution in [-0.2, 0) is 16.0 Å². The van der Waals surface area contributed by atoms with Crippen molar-refractivity contribution in [1.82, 2.24) is 30.4 Å². The van der Waals surface area contributed by atoms with Crippen LogP contribution in [0.4, 0.5) is 0 Å². The number of tetrazole rings is 1. The topological polar surface area (TPSA) is 133 Å². The molecule has 1 aromatic heterocycles. The lowest BCUT2D eigenvalue weighted by atomic mass is 9.69. The van der Waals surface area contributed by atoms with Crippen LogP contribution in [0.3, 0.4) is 0 Å². The van der Waals surface area contributed by atoms with E-state index in [-0.39, 0.29) is 6.04 Å². The Morgan fingerprint density at radius 3 is 2.70 bits per heavy atom. The third-order valence-electron chi connectivity index (χ3n) is 7.14. The Balaban J connectivity index is 1.38. The van der Waals surface area contributed by atoms with Crippen LogP contribution < -0.4 is 5.32 Å². The Labute approximate surface area is 176 Å². The van der Waals surface area contributed by atoms with Crippen molar-refractivity contribution in [2.45, 2.75) is 70.0 Å². The summed E-state index contributed by atoms with van der Waals surface area (Å²) in [6.07, 6.45) is 6.00. The fraction of sp³-hybridized carbons (Fsp3) is 0.850. The van der Waals surface area contributed by atoms with Crippen molar-refractivity contribution in [3.63, 3.8) is 0 Å². The van der Waals surface area contributed by atoms with Gasteiger partial charge in [-0.1, -0.05) is 6.92 Å². The molecule has 3 aliphatic rings. The highest BCUT2D eigenvalue weighted by Gasteiger charge is 2.42. The molecular weight excluding hydrogens is 388 g/mol. The monoisotopic (exact) mass is 420 g/mol. The van der Waals surface area contributed by atoms with E-state index in [0.29, 0.717) is 43.0 Å². The Hall–Kier alpha value is -2.07. The SMILES string of the molecule is CCCc1nnn([C@H]2C[C@@H](C(=O)O)N(CC3CC[C@H]4CNC(C(=O)O)CC4C3)C2)n1. The number of aromatic nitrogens is 4. The first-order chi connectivity index (χ1) is 14.4. The van der Waals surface area contributed by atoms with Gasteiger partial charge in [-0.05, 0) is 68.0 Å². The van der Waals surface area contributed by atoms with E-state index in [1.54, 1.807) is 4.80 Å². The van der Waals surface area contributed by atoms with Gasteiger partial charge >= 0.3 is 11.9 Å². The summed E-state index contributed by atoms with van der Waals surface area (Å²) in [4.78, 5) is 26.9. The molecule has 0 radical (unpaired) electrons. The van der Waals surface area contributed by atoms with Gasteiger partial charge in [0.1, 0.15) is 12.1 Å². The van der Waals surface area contributed by atoms with Crippen molar-refractivity contribution in [2.75, 3.05) is 19.6 Å². The van der Waals surface area contributed by atoms with Crippen LogP contribution in [0.5, 0.6) is 0 Å². The third kappa shape index (κ3) is 4.49. The molecule has 3 heterocycles. The molecule has 4 rings (SSSR count). The second kappa shape index (κ2) is 8.97. The molecule has 0 aromatic carbocycles. The van der Waals surface area contributed by atoms with Crippen LogP contribution in [0.1, 0.15) is 57.3 Å². The first-order valence-electron chi connectivity index (χ1n) is 11.2. The van der Waals surface area contributed by atoms with Crippen LogP contribution in [-0.4, -0.2) is 79.0 Å². The number of hydrogen-bond acceptors (Lipinski definition) is 7. The average molecular weight is 421 g/mol. The van der Waals surface area contributed by atoms with E-state index in [1.807, 2.05) is 0 Å². The number of carbonyl (C=O) groups is 2. The standard InChI is InChI=1S/C20H32N6O4/c1-2-3-18-22-24-26(23-18)15-8-17(20(29)30)25(11-15)10-12-4-5-13-9-21-16(19(27)28)7-14(13)6-12/h12-17,21H,2-11H2,1H3,(H,27,28)(H,29,30)/t12?,13-,14?,15-,16?,17-/m0/s1. The van der Waals surface area contributed by atoms with Gasteiger partial charge in [0, 0.05) is 19.5 Å². The number of fused-ring (bicyclic) bond motifs is 1. The van der Waals surface area contributed by atoms with Crippen LogP contribution in [0.2, 0.25) is 0 Å². The highest BCUT2D eigenvalue weighted by molar-refractivity contribution is 5.74. The second-order valence-electron chi connectivity index (χ2n) is 9.21. The molecule has 6 atom stereocenters. The first-order valence-corrected chi connectivity index (χ1v) is 11.2. The molecule has 0 spiro atoms. The summed E-state index contributed by atoms with van der Waals surface area (Å²) in [6.45, 7) is 4.19. The maximum atomic E-state index is 11.9. The minimum absolute atomic E-state index is 0.0733. The van der Waals surface area contributed by atoms with Gasteiger partial charge in [0.15, 0.2) is 5.82 Å². The Morgan fingerprint density at radius 2 is 1.97 bits per heavy atom. The number of aryl methyl sites for hydroxylation is 1. The summed E-state index contributed by atoms with van der Waals surface area (Å²) in [5.41, 5.74) is 0. The van der Waals surface area contributed by atoms with Crippen LogP contribution in [0.15, 0.2) is 0 Å². The highest BCUT2D eigenvalue weighted by atomic mass is 16.4. The van der Waals surface area contributed by atoms with Gasteiger partial charge in [0.05, 0.1) is 6.04 Å². The number of nitrogens with zero attached hydrogens (tertiary/aromatic N) is 5. The van der Waals surface area contributed by atoms with Gasteiger partial charge in [-0.15, -0.1) is 10.2 Å². The van der Waals surface area contributed by atoms with E-state index in [4.69, 9.17) is 0 Å².